The third-order valence-electron chi connectivity index (χ3n) is 3.36. The molecule has 0 aromatic carbocycles. The zero-order chi connectivity index (χ0) is 16.1. The molecule has 0 aliphatic rings. The molecule has 0 aromatic rings. The Hall–Kier alpha value is -1.56. The Labute approximate surface area is 138 Å². The summed E-state index contributed by atoms with van der Waals surface area (Å²) in [7, 11) is 0. The maximum absolute atomic E-state index is 5.22. The lowest BCUT2D eigenvalue weighted by atomic mass is 10.1. The molecule has 0 atom stereocenters. The van der Waals surface area contributed by atoms with Gasteiger partial charge in [0.25, 0.3) is 0 Å². The molecule has 0 aromatic heterocycles. The van der Waals surface area contributed by atoms with E-state index in [4.69, 9.17) is 6.58 Å². The van der Waals surface area contributed by atoms with Crippen molar-refractivity contribution in [3.8, 4) is 0 Å². The quantitative estimate of drug-likeness (QED) is 0.233. The van der Waals surface area contributed by atoms with E-state index < -0.39 is 0 Å². The van der Waals surface area contributed by atoms with Gasteiger partial charge in [0.1, 0.15) is 0 Å². The molecule has 0 N–H and O–H groups in total. The van der Waals surface area contributed by atoms with E-state index in [-0.39, 0.29) is 0 Å². The van der Waals surface area contributed by atoms with Gasteiger partial charge in [-0.25, -0.2) is 0 Å². The summed E-state index contributed by atoms with van der Waals surface area (Å²) in [5, 5.41) is 0. The first-order chi connectivity index (χ1) is 10.9. The zero-order valence-electron chi connectivity index (χ0n) is 14.3. The maximum Gasteiger partial charge on any atom is -0.0348 e. The molecule has 0 amide bonds. The third-order valence-corrected chi connectivity index (χ3v) is 3.36. The van der Waals surface area contributed by atoms with Crippen LogP contribution in [0, 0.1) is 6.58 Å². The summed E-state index contributed by atoms with van der Waals surface area (Å²) in [6.07, 6.45) is 34.0. The van der Waals surface area contributed by atoms with E-state index >= 15 is 0 Å². The van der Waals surface area contributed by atoms with Gasteiger partial charge in [0.15, 0.2) is 0 Å². The van der Waals surface area contributed by atoms with E-state index in [1.807, 2.05) is 36.5 Å². The molecule has 0 saturated carbocycles. The average molecular weight is 298 g/mol. The van der Waals surface area contributed by atoms with Crippen LogP contribution < -0.4 is 0 Å². The highest BCUT2D eigenvalue weighted by atomic mass is 14.0. The van der Waals surface area contributed by atoms with Crippen LogP contribution in [0.15, 0.2) is 66.8 Å². The molecule has 0 aliphatic heterocycles. The predicted molar refractivity (Wildman–Crippen MR) is 102 cm³/mol. The molecule has 0 bridgehead atoms. The normalized spacial score (nSPS) is 12.8. The lowest BCUT2D eigenvalue weighted by molar-refractivity contribution is 0.577. The summed E-state index contributed by atoms with van der Waals surface area (Å²) in [6, 6.07) is 0. The van der Waals surface area contributed by atoms with Gasteiger partial charge in [0, 0.05) is 0 Å². The first-order valence-electron chi connectivity index (χ1n) is 8.78. The van der Waals surface area contributed by atoms with E-state index in [0.29, 0.717) is 0 Å². The highest BCUT2D eigenvalue weighted by molar-refractivity contribution is 5.18. The van der Waals surface area contributed by atoms with Crippen molar-refractivity contribution in [3.63, 3.8) is 0 Å². The monoisotopic (exact) mass is 297 g/mol. The number of rotatable bonds is 14. The van der Waals surface area contributed by atoms with Crippen LogP contribution in [0.5, 0.6) is 0 Å². The summed E-state index contributed by atoms with van der Waals surface area (Å²) in [5.74, 6) is 0. The second kappa shape index (κ2) is 19.4. The largest absolute Gasteiger partial charge is 0.0845 e. The van der Waals surface area contributed by atoms with Gasteiger partial charge in [-0.3, -0.25) is 0 Å². The van der Waals surface area contributed by atoms with Crippen molar-refractivity contribution in [1.82, 2.24) is 0 Å². The lowest BCUT2D eigenvalue weighted by Gasteiger charge is -1.99. The first kappa shape index (κ1) is 20.4. The number of hydrogen-bond acceptors (Lipinski definition) is 0. The molecule has 0 heterocycles. The summed E-state index contributed by atoms with van der Waals surface area (Å²) in [6.45, 7) is 7.49. The second-order valence-electron chi connectivity index (χ2n) is 5.42. The summed E-state index contributed by atoms with van der Waals surface area (Å²) >= 11 is 0. The van der Waals surface area contributed by atoms with Crippen LogP contribution in [0.3, 0.4) is 0 Å². The summed E-state index contributed by atoms with van der Waals surface area (Å²) in [5.41, 5.74) is 0. The minimum atomic E-state index is 1.20. The van der Waals surface area contributed by atoms with E-state index in [1.54, 1.807) is 6.08 Å². The predicted octanol–water partition coefficient (Wildman–Crippen LogP) is 7.29. The minimum Gasteiger partial charge on any atom is -0.0845 e. The van der Waals surface area contributed by atoms with Crippen molar-refractivity contribution in [2.24, 2.45) is 0 Å². The van der Waals surface area contributed by atoms with Crippen LogP contribution in [0.1, 0.15) is 64.7 Å². The maximum atomic E-state index is 5.22. The van der Waals surface area contributed by atoms with Gasteiger partial charge in [-0.2, -0.15) is 0 Å². The van der Waals surface area contributed by atoms with Gasteiger partial charge in [0.05, 0.1) is 0 Å². The Kier molecular flexibility index (Phi) is 18.1. The lowest BCUT2D eigenvalue weighted by Crippen LogP contribution is -1.79. The fraction of sp³-hybridized carbons (Fsp3) is 0.455. The number of allylic oxidation sites excluding steroid dienone is 11. The van der Waals surface area contributed by atoms with E-state index in [0.717, 1.165) is 0 Å². The van der Waals surface area contributed by atoms with E-state index in [9.17, 15) is 0 Å². The highest BCUT2D eigenvalue weighted by Gasteiger charge is 1.89. The topological polar surface area (TPSA) is 0 Å². The molecule has 0 spiro atoms. The number of unbranched alkanes of at least 4 members (excludes halogenated alkanes) is 8. The second-order valence-corrected chi connectivity index (χ2v) is 5.42. The van der Waals surface area contributed by atoms with Crippen molar-refractivity contribution in [3.05, 3.63) is 73.4 Å². The highest BCUT2D eigenvalue weighted by Crippen LogP contribution is 2.09. The Morgan fingerprint density at radius 3 is 1.55 bits per heavy atom. The molecule has 1 radical (unpaired) electrons. The van der Waals surface area contributed by atoms with Gasteiger partial charge in [0.2, 0.25) is 0 Å². The summed E-state index contributed by atoms with van der Waals surface area (Å²) < 4.78 is 0. The Balaban J connectivity index is 3.41. The molecule has 22 heavy (non-hydrogen) atoms. The van der Waals surface area contributed by atoms with Gasteiger partial charge >= 0.3 is 0 Å². The molecule has 0 nitrogen and oxygen atoms in total. The molecular weight excluding hydrogens is 264 g/mol. The number of hydrogen-bond donors (Lipinski definition) is 0. The van der Waals surface area contributed by atoms with Crippen LogP contribution in [0.25, 0.3) is 0 Å². The van der Waals surface area contributed by atoms with Gasteiger partial charge in [-0.15, -0.1) is 0 Å². The Morgan fingerprint density at radius 2 is 1.00 bits per heavy atom. The molecule has 0 unspecified atom stereocenters. The van der Waals surface area contributed by atoms with Crippen LogP contribution in [-0.4, -0.2) is 0 Å². The van der Waals surface area contributed by atoms with Gasteiger partial charge in [-0.1, -0.05) is 125 Å². The third kappa shape index (κ3) is 18.4. The van der Waals surface area contributed by atoms with Crippen LogP contribution in [0.2, 0.25) is 0 Å². The van der Waals surface area contributed by atoms with Crippen molar-refractivity contribution >= 4 is 0 Å². The van der Waals surface area contributed by atoms with Crippen LogP contribution in [0.4, 0.5) is 0 Å². The van der Waals surface area contributed by atoms with Crippen LogP contribution >= 0.6 is 0 Å². The standard InChI is InChI=1S/C22H33/c1-3-5-7-9-11-13-15-17-19-21-22-20-18-16-14-12-10-8-6-4-2/h1,3,5,7,9,11,13,15,17,19,21-22H,4,6,8,10,12,14,16,18,20H2,2H3/b3-1?,7-5+,11-9+,15-13+,19-17+,22-21+. The molecule has 0 saturated heterocycles. The van der Waals surface area contributed by atoms with E-state index in [1.165, 1.54) is 63.9 Å². The Morgan fingerprint density at radius 1 is 0.545 bits per heavy atom. The van der Waals surface area contributed by atoms with Gasteiger partial charge in [-0.05, 0) is 12.8 Å². The molecule has 0 heteroatoms. The van der Waals surface area contributed by atoms with Crippen molar-refractivity contribution in [2.75, 3.05) is 0 Å². The first-order valence-corrected chi connectivity index (χ1v) is 8.78. The minimum absolute atomic E-state index is 1.20. The fourth-order valence-corrected chi connectivity index (χ4v) is 2.08. The molecule has 0 fully saturated rings. The van der Waals surface area contributed by atoms with Crippen molar-refractivity contribution in [1.29, 1.82) is 0 Å². The zero-order valence-corrected chi connectivity index (χ0v) is 14.3. The van der Waals surface area contributed by atoms with Crippen molar-refractivity contribution < 1.29 is 0 Å². The average Bonchev–Trinajstić information content (AvgIpc) is 2.54. The van der Waals surface area contributed by atoms with Crippen molar-refractivity contribution in [2.45, 2.75) is 64.7 Å². The van der Waals surface area contributed by atoms with Gasteiger partial charge < -0.3 is 0 Å². The molecular formula is C22H33. The molecule has 121 valence electrons. The Bertz CT molecular complexity index is 363. The molecule has 0 aliphatic carbocycles. The molecule has 0 rings (SSSR count). The van der Waals surface area contributed by atoms with E-state index in [2.05, 4.69) is 25.2 Å². The van der Waals surface area contributed by atoms with Crippen LogP contribution in [-0.2, 0) is 0 Å². The fourth-order valence-electron chi connectivity index (χ4n) is 2.08. The summed E-state index contributed by atoms with van der Waals surface area (Å²) in [4.78, 5) is 0. The SMILES string of the molecule is [CH]=C/C=C/C=C/C=C/C=C/C=C/CCCCCCCCCC. The smallest absolute Gasteiger partial charge is 0.0348 e.